The molecule has 6 heteroatoms. The van der Waals surface area contributed by atoms with Gasteiger partial charge in [0.15, 0.2) is 0 Å². The Balaban J connectivity index is 4.59. The topological polar surface area (TPSA) is 99.1 Å². The molecule has 0 aliphatic rings. The molecular weight excluding hydrogens is 282 g/mol. The lowest BCUT2D eigenvalue weighted by atomic mass is 9.79. The molecule has 0 aromatic heterocycles. The van der Waals surface area contributed by atoms with Crippen LogP contribution in [0, 0.1) is 45.3 Å². The minimum Gasteiger partial charge on any atom is -0.380 e. The van der Waals surface area contributed by atoms with Crippen molar-refractivity contribution < 1.29 is 14.2 Å². The predicted molar refractivity (Wildman–Crippen MR) is 80.4 cm³/mol. The van der Waals surface area contributed by atoms with Crippen molar-refractivity contribution in [1.82, 2.24) is 0 Å². The zero-order chi connectivity index (χ0) is 16.7. The van der Waals surface area contributed by atoms with Crippen LogP contribution in [0.1, 0.15) is 33.1 Å². The summed E-state index contributed by atoms with van der Waals surface area (Å²) in [5.74, 6) is 0.235. The number of ether oxygens (including phenoxy) is 3. The van der Waals surface area contributed by atoms with Gasteiger partial charge in [-0.1, -0.05) is 13.8 Å². The number of nitrogens with zero attached hydrogens (tertiary/aromatic N) is 3. The van der Waals surface area contributed by atoms with Gasteiger partial charge in [0.25, 0.3) is 0 Å². The molecule has 0 aromatic rings. The van der Waals surface area contributed by atoms with Crippen molar-refractivity contribution in [2.45, 2.75) is 33.1 Å². The number of rotatable bonds is 13. The largest absolute Gasteiger partial charge is 0.380 e. The zero-order valence-corrected chi connectivity index (χ0v) is 13.5. The van der Waals surface area contributed by atoms with Crippen LogP contribution in [0.2, 0.25) is 0 Å². The number of hydrogen-bond donors (Lipinski definition) is 0. The van der Waals surface area contributed by atoms with Gasteiger partial charge in [-0.2, -0.15) is 15.8 Å². The van der Waals surface area contributed by atoms with E-state index in [2.05, 4.69) is 13.8 Å². The maximum absolute atomic E-state index is 8.57. The number of hydrogen-bond acceptors (Lipinski definition) is 6. The Morgan fingerprint density at radius 3 is 1.27 bits per heavy atom. The molecule has 0 aromatic carbocycles. The standard InChI is InChI=1S/C16H25N3O3/c1-15(2)16(12-20-9-3-6-17,13-21-10-4-7-18)14-22-11-5-8-19/h15H,3-5,9-14H2,1-2H3. The molecule has 0 amide bonds. The smallest absolute Gasteiger partial charge is 0.0645 e. The van der Waals surface area contributed by atoms with Crippen LogP contribution < -0.4 is 0 Å². The summed E-state index contributed by atoms with van der Waals surface area (Å²) in [5, 5.41) is 25.7. The van der Waals surface area contributed by atoms with E-state index in [4.69, 9.17) is 30.0 Å². The van der Waals surface area contributed by atoms with E-state index < -0.39 is 0 Å². The van der Waals surface area contributed by atoms with Gasteiger partial charge in [-0.05, 0) is 5.92 Å². The quantitative estimate of drug-likeness (QED) is 0.484. The molecule has 22 heavy (non-hydrogen) atoms. The maximum atomic E-state index is 8.57. The van der Waals surface area contributed by atoms with Crippen LogP contribution in [0.4, 0.5) is 0 Å². The fraction of sp³-hybridized carbons (Fsp3) is 0.812. The third-order valence-corrected chi connectivity index (χ3v) is 3.47. The van der Waals surface area contributed by atoms with E-state index in [0.29, 0.717) is 58.9 Å². The summed E-state index contributed by atoms with van der Waals surface area (Å²) in [6.45, 7) is 6.52. The zero-order valence-electron chi connectivity index (χ0n) is 13.5. The molecule has 0 rings (SSSR count). The highest BCUT2D eigenvalue weighted by Crippen LogP contribution is 2.29. The van der Waals surface area contributed by atoms with Crippen LogP contribution >= 0.6 is 0 Å². The first-order chi connectivity index (χ1) is 10.6. The Morgan fingerprint density at radius 1 is 0.727 bits per heavy atom. The maximum Gasteiger partial charge on any atom is 0.0645 e. The van der Waals surface area contributed by atoms with E-state index in [1.807, 2.05) is 18.2 Å². The summed E-state index contributed by atoms with van der Waals surface area (Å²) in [7, 11) is 0. The Hall–Kier alpha value is -1.65. The highest BCUT2D eigenvalue weighted by atomic mass is 16.5. The molecule has 0 atom stereocenters. The van der Waals surface area contributed by atoms with Gasteiger partial charge in [0.05, 0.1) is 77.1 Å². The van der Waals surface area contributed by atoms with Crippen LogP contribution in [0.15, 0.2) is 0 Å². The Morgan fingerprint density at radius 2 is 1.05 bits per heavy atom. The van der Waals surface area contributed by atoms with Crippen molar-refractivity contribution in [2.75, 3.05) is 39.6 Å². The van der Waals surface area contributed by atoms with Gasteiger partial charge in [0.2, 0.25) is 0 Å². The van der Waals surface area contributed by atoms with Crippen molar-refractivity contribution in [1.29, 1.82) is 15.8 Å². The van der Waals surface area contributed by atoms with Crippen molar-refractivity contribution >= 4 is 0 Å². The van der Waals surface area contributed by atoms with E-state index in [0.717, 1.165) is 0 Å². The van der Waals surface area contributed by atoms with Crippen LogP contribution in [-0.2, 0) is 14.2 Å². The second-order valence-electron chi connectivity index (χ2n) is 5.40. The first-order valence-electron chi connectivity index (χ1n) is 7.47. The third kappa shape index (κ3) is 8.60. The summed E-state index contributed by atoms with van der Waals surface area (Å²) < 4.78 is 16.8. The molecule has 0 saturated carbocycles. The van der Waals surface area contributed by atoms with Crippen molar-refractivity contribution in [2.24, 2.45) is 11.3 Å². The monoisotopic (exact) mass is 307 g/mol. The van der Waals surface area contributed by atoms with Gasteiger partial charge in [0.1, 0.15) is 0 Å². The van der Waals surface area contributed by atoms with Gasteiger partial charge >= 0.3 is 0 Å². The van der Waals surface area contributed by atoms with Crippen molar-refractivity contribution in [3.8, 4) is 18.2 Å². The summed E-state index contributed by atoms with van der Waals surface area (Å²) in [6.07, 6.45) is 1.04. The van der Waals surface area contributed by atoms with E-state index in [-0.39, 0.29) is 11.3 Å². The normalized spacial score (nSPS) is 10.9. The Labute approximate surface area is 133 Å². The van der Waals surface area contributed by atoms with Gasteiger partial charge < -0.3 is 14.2 Å². The van der Waals surface area contributed by atoms with E-state index >= 15 is 0 Å². The first kappa shape index (κ1) is 20.3. The first-order valence-corrected chi connectivity index (χ1v) is 7.47. The molecule has 0 N–H and O–H groups in total. The minimum absolute atomic E-state index is 0.235. The number of nitriles is 3. The Bertz CT molecular complexity index is 349. The lowest BCUT2D eigenvalue weighted by Crippen LogP contribution is -2.42. The van der Waals surface area contributed by atoms with Gasteiger partial charge in [0, 0.05) is 5.41 Å². The third-order valence-electron chi connectivity index (χ3n) is 3.47. The van der Waals surface area contributed by atoms with E-state index in [1.54, 1.807) is 0 Å². The summed E-state index contributed by atoms with van der Waals surface area (Å²) >= 11 is 0. The molecule has 0 spiro atoms. The molecule has 0 heterocycles. The average Bonchev–Trinajstić information content (AvgIpc) is 2.51. The predicted octanol–water partition coefficient (Wildman–Crippen LogP) is 2.42. The molecule has 0 aliphatic heterocycles. The summed E-state index contributed by atoms with van der Waals surface area (Å²) in [5.41, 5.74) is -0.347. The van der Waals surface area contributed by atoms with Crippen LogP contribution in [-0.4, -0.2) is 39.6 Å². The SMILES string of the molecule is CC(C)C(COCCC#N)(COCCC#N)COCCC#N. The second-order valence-corrected chi connectivity index (χ2v) is 5.40. The molecule has 0 radical (unpaired) electrons. The molecule has 122 valence electrons. The minimum atomic E-state index is -0.347. The van der Waals surface area contributed by atoms with Crippen molar-refractivity contribution in [3.05, 3.63) is 0 Å². The molecule has 0 unspecified atom stereocenters. The fourth-order valence-electron chi connectivity index (χ4n) is 1.80. The lowest BCUT2D eigenvalue weighted by Gasteiger charge is -2.36. The van der Waals surface area contributed by atoms with E-state index in [9.17, 15) is 0 Å². The van der Waals surface area contributed by atoms with E-state index in [1.165, 1.54) is 0 Å². The molecule has 0 aliphatic carbocycles. The second kappa shape index (κ2) is 13.0. The van der Waals surface area contributed by atoms with Gasteiger partial charge in [-0.25, -0.2) is 0 Å². The molecule has 0 bridgehead atoms. The highest BCUT2D eigenvalue weighted by Gasteiger charge is 2.35. The van der Waals surface area contributed by atoms with Crippen molar-refractivity contribution in [3.63, 3.8) is 0 Å². The average molecular weight is 307 g/mol. The van der Waals surface area contributed by atoms with Crippen LogP contribution in [0.5, 0.6) is 0 Å². The summed E-state index contributed by atoms with van der Waals surface area (Å²) in [4.78, 5) is 0. The van der Waals surface area contributed by atoms with Gasteiger partial charge in [-0.15, -0.1) is 0 Å². The van der Waals surface area contributed by atoms with Gasteiger partial charge in [-0.3, -0.25) is 0 Å². The summed E-state index contributed by atoms with van der Waals surface area (Å²) in [6, 6.07) is 6.13. The lowest BCUT2D eigenvalue weighted by molar-refractivity contribution is -0.0908. The highest BCUT2D eigenvalue weighted by molar-refractivity contribution is 4.83. The molecular formula is C16H25N3O3. The Kier molecular flexibility index (Phi) is 12.1. The fourth-order valence-corrected chi connectivity index (χ4v) is 1.80. The molecule has 0 saturated heterocycles. The van der Waals surface area contributed by atoms with Crippen LogP contribution in [0.3, 0.4) is 0 Å². The van der Waals surface area contributed by atoms with Crippen LogP contribution in [0.25, 0.3) is 0 Å². The molecule has 6 nitrogen and oxygen atoms in total. The molecule has 0 fully saturated rings.